The highest BCUT2D eigenvalue weighted by atomic mass is 32.2. The van der Waals surface area contributed by atoms with Gasteiger partial charge in [-0.15, -0.1) is 11.8 Å². The number of nitrogens with one attached hydrogen (secondary N) is 1. The Balaban J connectivity index is 1.62. The third-order valence-corrected chi connectivity index (χ3v) is 5.56. The number of amides is 1. The van der Waals surface area contributed by atoms with Gasteiger partial charge in [-0.05, 0) is 57.0 Å². The Labute approximate surface area is 164 Å². The molecule has 2 aromatic carbocycles. The van der Waals surface area contributed by atoms with E-state index in [-0.39, 0.29) is 11.2 Å². The molecule has 3 aromatic rings. The topological polar surface area (TPSA) is 55.1 Å². The lowest BCUT2D eigenvalue weighted by molar-refractivity contribution is -0.115. The monoisotopic (exact) mass is 380 g/mol. The fraction of sp³-hybridized carbons (Fsp3) is 0.273. The van der Waals surface area contributed by atoms with Crippen molar-refractivity contribution in [2.75, 3.05) is 5.32 Å². The number of benzene rings is 2. The minimum atomic E-state index is -0.193. The molecule has 0 bridgehead atoms. The number of hydrogen-bond donors (Lipinski definition) is 1. The molecule has 0 radical (unpaired) electrons. The van der Waals surface area contributed by atoms with Gasteiger partial charge in [0.05, 0.1) is 10.9 Å². The molecule has 0 saturated heterocycles. The Kier molecular flexibility index (Phi) is 6.01. The first-order valence-corrected chi connectivity index (χ1v) is 10.0. The normalized spacial score (nSPS) is 12.0. The van der Waals surface area contributed by atoms with Crippen molar-refractivity contribution >= 4 is 23.4 Å². The summed E-state index contributed by atoms with van der Waals surface area (Å²) in [6, 6.07) is 15.9. The predicted octanol–water partition coefficient (Wildman–Crippen LogP) is 5.53. The quantitative estimate of drug-likeness (QED) is 0.611. The summed E-state index contributed by atoms with van der Waals surface area (Å²) in [6.45, 7) is 7.84. The van der Waals surface area contributed by atoms with Crippen molar-refractivity contribution in [1.82, 2.24) is 4.98 Å². The van der Waals surface area contributed by atoms with Gasteiger partial charge in [-0.3, -0.25) is 4.79 Å². The van der Waals surface area contributed by atoms with Crippen LogP contribution in [0.5, 0.6) is 0 Å². The molecular weight excluding hydrogens is 356 g/mol. The van der Waals surface area contributed by atoms with Gasteiger partial charge in [-0.1, -0.05) is 30.3 Å². The molecule has 1 N–H and O–H groups in total. The zero-order chi connectivity index (χ0) is 19.4. The molecule has 1 unspecified atom stereocenters. The number of carbonyl (C=O) groups is 1. The van der Waals surface area contributed by atoms with Crippen molar-refractivity contribution in [3.63, 3.8) is 0 Å². The number of hydrogen-bond acceptors (Lipinski definition) is 4. The first kappa shape index (κ1) is 19.2. The molecule has 0 aliphatic heterocycles. The van der Waals surface area contributed by atoms with Gasteiger partial charge in [-0.2, -0.15) is 0 Å². The maximum atomic E-state index is 12.5. The van der Waals surface area contributed by atoms with Gasteiger partial charge in [-0.25, -0.2) is 4.98 Å². The molecular formula is C22H24N2O2S. The Morgan fingerprint density at radius 3 is 2.63 bits per heavy atom. The summed E-state index contributed by atoms with van der Waals surface area (Å²) in [7, 11) is 0. The van der Waals surface area contributed by atoms with Gasteiger partial charge in [0.15, 0.2) is 0 Å². The van der Waals surface area contributed by atoms with Crippen molar-refractivity contribution in [3.8, 4) is 11.5 Å². The molecule has 1 atom stereocenters. The predicted molar refractivity (Wildman–Crippen MR) is 112 cm³/mol. The lowest BCUT2D eigenvalue weighted by atomic mass is 10.1. The van der Waals surface area contributed by atoms with E-state index >= 15 is 0 Å². The number of anilines is 1. The van der Waals surface area contributed by atoms with Crippen LogP contribution in [-0.2, 0) is 10.5 Å². The maximum absolute atomic E-state index is 12.5. The molecule has 4 nitrogen and oxygen atoms in total. The first-order chi connectivity index (χ1) is 12.9. The Hall–Kier alpha value is -2.53. The van der Waals surface area contributed by atoms with Crippen molar-refractivity contribution in [2.45, 2.75) is 38.7 Å². The summed E-state index contributed by atoms with van der Waals surface area (Å²) < 4.78 is 5.79. The van der Waals surface area contributed by atoms with E-state index in [1.54, 1.807) is 11.8 Å². The van der Waals surface area contributed by atoms with Gasteiger partial charge >= 0.3 is 0 Å². The van der Waals surface area contributed by atoms with Crippen LogP contribution < -0.4 is 5.32 Å². The summed E-state index contributed by atoms with van der Waals surface area (Å²) in [5.74, 6) is 2.04. The van der Waals surface area contributed by atoms with Crippen LogP contribution in [0.15, 0.2) is 52.9 Å². The molecule has 1 amide bonds. The van der Waals surface area contributed by atoms with Crippen LogP contribution in [0, 0.1) is 20.8 Å². The van der Waals surface area contributed by atoms with E-state index in [0.29, 0.717) is 11.6 Å². The van der Waals surface area contributed by atoms with E-state index in [9.17, 15) is 4.79 Å². The average molecular weight is 381 g/mol. The molecule has 0 aliphatic carbocycles. The zero-order valence-electron chi connectivity index (χ0n) is 16.1. The molecule has 1 heterocycles. The number of thioether (sulfide) groups is 1. The van der Waals surface area contributed by atoms with E-state index in [1.165, 1.54) is 0 Å². The van der Waals surface area contributed by atoms with Gasteiger partial charge < -0.3 is 9.73 Å². The van der Waals surface area contributed by atoms with Gasteiger partial charge in [0, 0.05) is 17.0 Å². The fourth-order valence-electron chi connectivity index (χ4n) is 2.65. The number of carbonyl (C=O) groups excluding carboxylic acids is 1. The van der Waals surface area contributed by atoms with Crippen LogP contribution in [0.1, 0.15) is 29.5 Å². The van der Waals surface area contributed by atoms with Crippen molar-refractivity contribution in [3.05, 3.63) is 71.1 Å². The van der Waals surface area contributed by atoms with E-state index in [0.717, 1.165) is 33.8 Å². The number of aryl methyl sites for hydroxylation is 3. The highest BCUT2D eigenvalue weighted by Gasteiger charge is 2.17. The van der Waals surface area contributed by atoms with Crippen molar-refractivity contribution < 1.29 is 9.21 Å². The fourth-order valence-corrected chi connectivity index (χ4v) is 3.54. The van der Waals surface area contributed by atoms with E-state index in [1.807, 2.05) is 76.2 Å². The Morgan fingerprint density at radius 2 is 1.89 bits per heavy atom. The van der Waals surface area contributed by atoms with E-state index in [2.05, 4.69) is 10.3 Å². The molecule has 5 heteroatoms. The molecule has 27 heavy (non-hydrogen) atoms. The second-order valence-corrected chi connectivity index (χ2v) is 7.98. The molecule has 0 spiro atoms. The van der Waals surface area contributed by atoms with Crippen LogP contribution in [0.2, 0.25) is 0 Å². The third-order valence-electron chi connectivity index (χ3n) is 4.40. The van der Waals surface area contributed by atoms with Crippen molar-refractivity contribution in [2.24, 2.45) is 0 Å². The summed E-state index contributed by atoms with van der Waals surface area (Å²) >= 11 is 1.56. The average Bonchev–Trinajstić information content (AvgIpc) is 3.04. The van der Waals surface area contributed by atoms with Crippen LogP contribution in [0.3, 0.4) is 0 Å². The first-order valence-electron chi connectivity index (χ1n) is 8.95. The minimum Gasteiger partial charge on any atom is -0.441 e. The summed E-state index contributed by atoms with van der Waals surface area (Å²) in [6.07, 6.45) is 0. The molecule has 0 saturated carbocycles. The lowest BCUT2D eigenvalue weighted by Crippen LogP contribution is -2.23. The maximum Gasteiger partial charge on any atom is 0.237 e. The van der Waals surface area contributed by atoms with Crippen LogP contribution in [0.4, 0.5) is 5.69 Å². The second-order valence-electron chi connectivity index (χ2n) is 6.65. The summed E-state index contributed by atoms with van der Waals surface area (Å²) in [4.78, 5) is 17.1. The van der Waals surface area contributed by atoms with Gasteiger partial charge in [0.25, 0.3) is 0 Å². The van der Waals surface area contributed by atoms with E-state index < -0.39 is 0 Å². The number of nitrogens with zero attached hydrogens (tertiary/aromatic N) is 1. The highest BCUT2D eigenvalue weighted by Crippen LogP contribution is 2.26. The molecule has 0 aliphatic rings. The molecule has 140 valence electrons. The number of rotatable bonds is 6. The summed E-state index contributed by atoms with van der Waals surface area (Å²) in [5, 5.41) is 2.84. The second kappa shape index (κ2) is 8.44. The zero-order valence-corrected chi connectivity index (χ0v) is 16.9. The lowest BCUT2D eigenvalue weighted by Gasteiger charge is -2.13. The highest BCUT2D eigenvalue weighted by molar-refractivity contribution is 7.99. The third kappa shape index (κ3) is 4.80. The van der Waals surface area contributed by atoms with Gasteiger partial charge in [0.1, 0.15) is 5.76 Å². The molecule has 3 rings (SSSR count). The van der Waals surface area contributed by atoms with E-state index in [4.69, 9.17) is 4.42 Å². The Bertz CT molecular complexity index is 935. The molecule has 1 aromatic heterocycles. The Morgan fingerprint density at radius 1 is 1.15 bits per heavy atom. The van der Waals surface area contributed by atoms with Crippen LogP contribution in [0.25, 0.3) is 11.5 Å². The van der Waals surface area contributed by atoms with Crippen LogP contribution in [-0.4, -0.2) is 16.1 Å². The minimum absolute atomic E-state index is 0.00173. The van der Waals surface area contributed by atoms with Crippen molar-refractivity contribution in [1.29, 1.82) is 0 Å². The van der Waals surface area contributed by atoms with Gasteiger partial charge in [0.2, 0.25) is 11.8 Å². The summed E-state index contributed by atoms with van der Waals surface area (Å²) in [5.41, 5.74) is 4.90. The largest absolute Gasteiger partial charge is 0.441 e. The standard InChI is InChI=1S/C22H24N2O2S/c1-14-10-11-15(2)19(12-14)23-21(25)17(4)27-13-20-16(3)26-22(24-20)18-8-6-5-7-9-18/h5-12,17H,13H2,1-4H3,(H,23,25). The number of oxazole rings is 1. The SMILES string of the molecule is Cc1ccc(C)c(NC(=O)C(C)SCc2nc(-c3ccccc3)oc2C)c1. The number of aromatic nitrogens is 1. The van der Waals surface area contributed by atoms with Crippen LogP contribution >= 0.6 is 11.8 Å². The molecule has 0 fully saturated rings. The smallest absolute Gasteiger partial charge is 0.237 e.